The van der Waals surface area contributed by atoms with Gasteiger partial charge in [0, 0.05) is 5.97 Å². The van der Waals surface area contributed by atoms with Crippen LogP contribution in [-0.2, 0) is 4.79 Å². The van der Waals surface area contributed by atoms with Gasteiger partial charge in [0.1, 0.15) is 0 Å². The molecule has 0 aliphatic heterocycles. The molecular weight excluding hydrogens is 127 g/mol. The number of rotatable bonds is 3. The summed E-state index contributed by atoms with van der Waals surface area (Å²) < 4.78 is 0. The van der Waals surface area contributed by atoms with Gasteiger partial charge in [0.2, 0.25) is 0 Å². The Morgan fingerprint density at radius 1 is 1.67 bits per heavy atom. The van der Waals surface area contributed by atoms with Gasteiger partial charge in [-0.3, -0.25) is 0 Å². The van der Waals surface area contributed by atoms with Crippen LogP contribution in [0.2, 0.25) is 0 Å². The third kappa shape index (κ3) is 6.35. The van der Waals surface area contributed by atoms with Crippen LogP contribution >= 0.6 is 0 Å². The van der Waals surface area contributed by atoms with E-state index in [1.807, 2.05) is 6.92 Å². The van der Waals surface area contributed by atoms with E-state index in [4.69, 9.17) is 0 Å². The third-order valence-corrected chi connectivity index (χ3v) is 1.12. The minimum Gasteiger partial charge on any atom is -0.550 e. The van der Waals surface area contributed by atoms with Crippen molar-refractivity contribution >= 4 is 5.97 Å². The Morgan fingerprint density at radius 2 is 2.11 bits per heavy atom. The van der Waals surface area contributed by atoms with E-state index in [0.29, 0.717) is 0 Å². The molecule has 0 unspecified atom stereocenters. The molecule has 3 heteroatoms. The van der Waals surface area contributed by atoms with Crippen LogP contribution in [-0.4, -0.2) is 5.97 Å². The summed E-state index contributed by atoms with van der Waals surface area (Å²) in [5.41, 5.74) is 0. The van der Waals surface area contributed by atoms with Crippen LogP contribution in [0.4, 0.5) is 0 Å². The molecule has 0 rings (SSSR count). The zero-order chi connectivity index (χ0) is 6.57. The van der Waals surface area contributed by atoms with Crippen molar-refractivity contribution in [2.24, 2.45) is 5.92 Å². The molecule has 2 nitrogen and oxygen atoms in total. The van der Waals surface area contributed by atoms with E-state index in [1.165, 1.54) is 0 Å². The van der Waals surface area contributed by atoms with Crippen LogP contribution in [0, 0.1) is 5.92 Å². The van der Waals surface area contributed by atoms with Crippen molar-refractivity contribution in [3.63, 3.8) is 0 Å². The fourth-order valence-electron chi connectivity index (χ4n) is 0.551. The Hall–Kier alpha value is 0.470. The summed E-state index contributed by atoms with van der Waals surface area (Å²) in [6.07, 6.45) is 1.64. The minimum absolute atomic E-state index is 0. The zero-order valence-electron chi connectivity index (χ0n) is 6.31. The molecule has 0 amide bonds. The molecule has 0 fully saturated rings. The largest absolute Gasteiger partial charge is 1.00 e. The molecule has 0 heterocycles. The summed E-state index contributed by atoms with van der Waals surface area (Å²) in [5, 5.41) is 9.98. The van der Waals surface area contributed by atoms with Gasteiger partial charge in [-0.2, -0.15) is 0 Å². The standard InChI is InChI=1S/C6H12O2.Na/c1-3-4-5(2)6(7)8;/h5H,3-4H2,1-2H3,(H,7,8);/q;+1/p-1/t5-;/m1./s1. The quantitative estimate of drug-likeness (QED) is 0.395. The molecule has 0 bridgehead atoms. The topological polar surface area (TPSA) is 40.1 Å². The molecule has 0 aromatic rings. The van der Waals surface area contributed by atoms with Crippen LogP contribution in [0.15, 0.2) is 0 Å². The fourth-order valence-corrected chi connectivity index (χ4v) is 0.551. The van der Waals surface area contributed by atoms with E-state index in [0.717, 1.165) is 12.8 Å². The molecule has 9 heavy (non-hydrogen) atoms. The fraction of sp³-hybridized carbons (Fsp3) is 0.833. The van der Waals surface area contributed by atoms with E-state index < -0.39 is 5.97 Å². The first-order valence-corrected chi connectivity index (χ1v) is 2.89. The molecule has 0 N–H and O–H groups in total. The zero-order valence-corrected chi connectivity index (χ0v) is 8.31. The number of carbonyl (C=O) groups is 1. The Balaban J connectivity index is 0. The molecular formula is C6H11NaO2. The first-order valence-electron chi connectivity index (χ1n) is 2.89. The predicted molar refractivity (Wildman–Crippen MR) is 29.1 cm³/mol. The first kappa shape index (κ1) is 12.2. The molecule has 0 aromatic carbocycles. The number of aliphatic carboxylic acids is 1. The molecule has 0 saturated carbocycles. The Kier molecular flexibility index (Phi) is 8.91. The summed E-state index contributed by atoms with van der Waals surface area (Å²) in [6.45, 7) is 3.62. The number of hydrogen-bond donors (Lipinski definition) is 0. The maximum absolute atomic E-state index is 9.98. The predicted octanol–water partition coefficient (Wildman–Crippen LogP) is -2.82. The molecule has 0 radical (unpaired) electrons. The number of carboxylic acid groups (broad SMARTS) is 1. The normalized spacial score (nSPS) is 11.8. The monoisotopic (exact) mass is 138 g/mol. The second-order valence-electron chi connectivity index (χ2n) is 2.01. The number of carbonyl (C=O) groups excluding carboxylic acids is 1. The van der Waals surface area contributed by atoms with Gasteiger partial charge >= 0.3 is 29.6 Å². The number of carboxylic acids is 1. The molecule has 0 aliphatic carbocycles. The minimum atomic E-state index is -0.938. The van der Waals surface area contributed by atoms with Gasteiger partial charge in [-0.25, -0.2) is 0 Å². The van der Waals surface area contributed by atoms with Gasteiger partial charge < -0.3 is 9.90 Å². The Morgan fingerprint density at radius 3 is 2.22 bits per heavy atom. The van der Waals surface area contributed by atoms with Crippen molar-refractivity contribution in [1.29, 1.82) is 0 Å². The average molecular weight is 138 g/mol. The van der Waals surface area contributed by atoms with Crippen molar-refractivity contribution in [3.8, 4) is 0 Å². The number of hydrogen-bond acceptors (Lipinski definition) is 2. The van der Waals surface area contributed by atoms with Crippen LogP contribution in [0.3, 0.4) is 0 Å². The van der Waals surface area contributed by atoms with Gasteiger partial charge in [-0.15, -0.1) is 0 Å². The van der Waals surface area contributed by atoms with Crippen LogP contribution < -0.4 is 34.7 Å². The first-order chi connectivity index (χ1) is 3.68. The van der Waals surface area contributed by atoms with Gasteiger partial charge in [0.05, 0.1) is 0 Å². The van der Waals surface area contributed by atoms with E-state index >= 15 is 0 Å². The summed E-state index contributed by atoms with van der Waals surface area (Å²) in [4.78, 5) is 9.98. The van der Waals surface area contributed by atoms with Gasteiger partial charge in [-0.1, -0.05) is 20.3 Å². The maximum Gasteiger partial charge on any atom is 1.00 e. The summed E-state index contributed by atoms with van der Waals surface area (Å²) in [7, 11) is 0. The molecule has 0 aromatic heterocycles. The van der Waals surface area contributed by atoms with Gasteiger partial charge in [0.15, 0.2) is 0 Å². The van der Waals surface area contributed by atoms with Crippen molar-refractivity contribution in [3.05, 3.63) is 0 Å². The smallest absolute Gasteiger partial charge is 0.550 e. The SMILES string of the molecule is CCC[C@@H](C)C(=O)[O-].[Na+]. The molecule has 0 spiro atoms. The van der Waals surface area contributed by atoms with E-state index in [-0.39, 0.29) is 35.5 Å². The maximum atomic E-state index is 9.98. The van der Waals surface area contributed by atoms with Crippen molar-refractivity contribution in [1.82, 2.24) is 0 Å². The summed E-state index contributed by atoms with van der Waals surface area (Å²) in [6, 6.07) is 0. The van der Waals surface area contributed by atoms with Gasteiger partial charge in [0.25, 0.3) is 0 Å². The third-order valence-electron chi connectivity index (χ3n) is 1.12. The Bertz CT molecular complexity index is 83.1. The van der Waals surface area contributed by atoms with Crippen molar-refractivity contribution < 1.29 is 39.5 Å². The summed E-state index contributed by atoms with van der Waals surface area (Å²) >= 11 is 0. The van der Waals surface area contributed by atoms with E-state index in [2.05, 4.69) is 0 Å². The molecule has 1 atom stereocenters. The van der Waals surface area contributed by atoms with Gasteiger partial charge in [-0.05, 0) is 12.3 Å². The molecule has 48 valence electrons. The Labute approximate surface area is 77.9 Å². The van der Waals surface area contributed by atoms with Crippen molar-refractivity contribution in [2.75, 3.05) is 0 Å². The van der Waals surface area contributed by atoms with Crippen LogP contribution in [0.25, 0.3) is 0 Å². The van der Waals surface area contributed by atoms with E-state index in [1.54, 1.807) is 6.92 Å². The van der Waals surface area contributed by atoms with Crippen molar-refractivity contribution in [2.45, 2.75) is 26.7 Å². The second-order valence-corrected chi connectivity index (χ2v) is 2.01. The molecule has 0 aliphatic rings. The van der Waals surface area contributed by atoms with Crippen LogP contribution in [0.1, 0.15) is 26.7 Å². The average Bonchev–Trinajstić information content (AvgIpc) is 1.67. The van der Waals surface area contributed by atoms with E-state index in [9.17, 15) is 9.90 Å². The van der Waals surface area contributed by atoms with Crippen LogP contribution in [0.5, 0.6) is 0 Å². The summed E-state index contributed by atoms with van der Waals surface area (Å²) in [5.74, 6) is -1.22. The molecule has 0 saturated heterocycles. The second kappa shape index (κ2) is 6.59.